The number of non-ortho nitro benzene ring substituents is 1. The third-order valence-corrected chi connectivity index (χ3v) is 4.57. The molecule has 3 N–H and O–H groups in total. The summed E-state index contributed by atoms with van der Waals surface area (Å²) >= 11 is 5.25. The number of aromatic nitrogens is 3. The van der Waals surface area contributed by atoms with Gasteiger partial charge in [0.15, 0.2) is 10.6 Å². The number of methoxy groups -OCH3 is 1. The Labute approximate surface area is 177 Å². The summed E-state index contributed by atoms with van der Waals surface area (Å²) in [4.78, 5) is 22.5. The van der Waals surface area contributed by atoms with Crippen molar-refractivity contribution >= 4 is 29.5 Å². The highest BCUT2D eigenvalue weighted by molar-refractivity contribution is 7.71. The summed E-state index contributed by atoms with van der Waals surface area (Å²) in [6, 6.07) is 13.4. The van der Waals surface area contributed by atoms with Gasteiger partial charge < -0.3 is 15.4 Å². The highest BCUT2D eigenvalue weighted by Gasteiger charge is 2.12. The molecule has 0 fully saturated rings. The summed E-state index contributed by atoms with van der Waals surface area (Å²) in [5, 5.41) is 23.5. The smallest absolute Gasteiger partial charge is 0.269 e. The first kappa shape index (κ1) is 21.0. The minimum absolute atomic E-state index is 0.0221. The maximum atomic E-state index is 12.3. The van der Waals surface area contributed by atoms with Crippen molar-refractivity contribution in [2.45, 2.75) is 6.54 Å². The number of amides is 1. The lowest BCUT2D eigenvalue weighted by molar-refractivity contribution is -0.384. The number of carbonyl (C=O) groups is 1. The normalized spacial score (nSPS) is 10.4. The molecule has 0 radical (unpaired) electrons. The lowest BCUT2D eigenvalue weighted by Gasteiger charge is -2.10. The van der Waals surface area contributed by atoms with E-state index in [4.69, 9.17) is 17.0 Å². The molecule has 0 aliphatic rings. The SMILES string of the molecule is COc1ccc(-c2n[nH]c(=S)n2CC(=O)NCCNc2ccc([N+](=O)[O-])cc2)cc1. The van der Waals surface area contributed by atoms with Crippen molar-refractivity contribution < 1.29 is 14.5 Å². The van der Waals surface area contributed by atoms with Crippen LogP contribution in [0, 0.1) is 14.9 Å². The highest BCUT2D eigenvalue weighted by atomic mass is 32.1. The van der Waals surface area contributed by atoms with E-state index < -0.39 is 4.92 Å². The fourth-order valence-electron chi connectivity index (χ4n) is 2.73. The Balaban J connectivity index is 1.53. The zero-order valence-electron chi connectivity index (χ0n) is 16.1. The average molecular weight is 428 g/mol. The van der Waals surface area contributed by atoms with Crippen molar-refractivity contribution in [2.24, 2.45) is 0 Å². The first-order valence-corrected chi connectivity index (χ1v) is 9.43. The van der Waals surface area contributed by atoms with Crippen molar-refractivity contribution in [1.29, 1.82) is 0 Å². The number of hydrogen-bond donors (Lipinski definition) is 3. The predicted octanol–water partition coefficient (Wildman–Crippen LogP) is 2.75. The second-order valence-electron chi connectivity index (χ2n) is 6.25. The summed E-state index contributed by atoms with van der Waals surface area (Å²) in [7, 11) is 1.59. The lowest BCUT2D eigenvalue weighted by atomic mass is 10.2. The van der Waals surface area contributed by atoms with Crippen LogP contribution in [0.15, 0.2) is 48.5 Å². The highest BCUT2D eigenvalue weighted by Crippen LogP contribution is 2.21. The average Bonchev–Trinajstić information content (AvgIpc) is 3.11. The molecule has 0 saturated carbocycles. The number of ether oxygens (including phenoxy) is 1. The molecule has 1 amide bonds. The molecule has 0 unspecified atom stereocenters. The first-order chi connectivity index (χ1) is 14.5. The van der Waals surface area contributed by atoms with Crippen LogP contribution in [0.4, 0.5) is 11.4 Å². The van der Waals surface area contributed by atoms with Crippen LogP contribution in [-0.4, -0.2) is 45.8 Å². The van der Waals surface area contributed by atoms with Crippen LogP contribution in [0.3, 0.4) is 0 Å². The van der Waals surface area contributed by atoms with Gasteiger partial charge in [-0.25, -0.2) is 0 Å². The molecule has 11 heteroatoms. The standard InChI is InChI=1S/C19H20N6O4S/c1-29-16-8-2-13(3-9-16)18-22-23-19(30)24(18)12-17(26)21-11-10-20-14-4-6-15(7-5-14)25(27)28/h2-9,20H,10-12H2,1H3,(H,21,26)(H,23,30). The number of aromatic amines is 1. The van der Waals surface area contributed by atoms with Gasteiger partial charge in [-0.2, -0.15) is 5.10 Å². The molecule has 0 aliphatic carbocycles. The molecule has 30 heavy (non-hydrogen) atoms. The van der Waals surface area contributed by atoms with Gasteiger partial charge in [0.2, 0.25) is 5.91 Å². The van der Waals surface area contributed by atoms with Gasteiger partial charge in [-0.05, 0) is 48.6 Å². The van der Waals surface area contributed by atoms with Gasteiger partial charge in [-0.1, -0.05) is 0 Å². The monoisotopic (exact) mass is 428 g/mol. The molecule has 3 aromatic rings. The van der Waals surface area contributed by atoms with E-state index in [0.29, 0.717) is 23.7 Å². The van der Waals surface area contributed by atoms with Crippen molar-refractivity contribution in [1.82, 2.24) is 20.1 Å². The summed E-state index contributed by atoms with van der Waals surface area (Å²) in [6.45, 7) is 0.860. The predicted molar refractivity (Wildman–Crippen MR) is 114 cm³/mol. The van der Waals surface area contributed by atoms with E-state index in [0.717, 1.165) is 17.0 Å². The molecule has 0 spiro atoms. The summed E-state index contributed by atoms with van der Waals surface area (Å²) in [6.07, 6.45) is 0. The number of benzene rings is 2. The van der Waals surface area contributed by atoms with Crippen molar-refractivity contribution in [2.75, 3.05) is 25.5 Å². The van der Waals surface area contributed by atoms with E-state index in [1.54, 1.807) is 35.9 Å². The second kappa shape index (κ2) is 9.65. The molecule has 156 valence electrons. The molecule has 3 rings (SSSR count). The fraction of sp³-hybridized carbons (Fsp3) is 0.211. The van der Waals surface area contributed by atoms with E-state index in [9.17, 15) is 14.9 Å². The van der Waals surface area contributed by atoms with Crippen LogP contribution in [0.2, 0.25) is 0 Å². The molecule has 10 nitrogen and oxygen atoms in total. The van der Waals surface area contributed by atoms with Gasteiger partial charge in [-0.3, -0.25) is 24.6 Å². The van der Waals surface area contributed by atoms with Crippen LogP contribution >= 0.6 is 12.2 Å². The van der Waals surface area contributed by atoms with Gasteiger partial charge in [0, 0.05) is 36.5 Å². The molecule has 1 aromatic heterocycles. The Morgan fingerprint density at radius 2 is 1.90 bits per heavy atom. The molecular weight excluding hydrogens is 408 g/mol. The summed E-state index contributed by atoms with van der Waals surface area (Å²) in [5.74, 6) is 1.06. The maximum absolute atomic E-state index is 12.3. The third kappa shape index (κ3) is 5.20. The van der Waals surface area contributed by atoms with Gasteiger partial charge in [0.1, 0.15) is 12.3 Å². The molecule has 0 atom stereocenters. The fourth-order valence-corrected chi connectivity index (χ4v) is 2.93. The number of carbonyl (C=O) groups excluding carboxylic acids is 1. The molecule has 1 heterocycles. The van der Waals surface area contributed by atoms with E-state index in [1.807, 2.05) is 12.1 Å². The number of nitrogens with zero attached hydrogens (tertiary/aromatic N) is 3. The largest absolute Gasteiger partial charge is 0.497 e. The molecule has 2 aromatic carbocycles. The van der Waals surface area contributed by atoms with Gasteiger partial charge in [0.05, 0.1) is 12.0 Å². The number of nitrogens with one attached hydrogen (secondary N) is 3. The van der Waals surface area contributed by atoms with Crippen LogP contribution in [0.5, 0.6) is 5.75 Å². The third-order valence-electron chi connectivity index (χ3n) is 4.26. The van der Waals surface area contributed by atoms with E-state index in [-0.39, 0.29) is 18.1 Å². The minimum Gasteiger partial charge on any atom is -0.497 e. The summed E-state index contributed by atoms with van der Waals surface area (Å²) < 4.78 is 7.12. The molecule has 0 bridgehead atoms. The number of rotatable bonds is 9. The van der Waals surface area contributed by atoms with Crippen molar-refractivity contribution in [3.05, 3.63) is 63.4 Å². The number of anilines is 1. The Kier molecular flexibility index (Phi) is 6.75. The Morgan fingerprint density at radius 3 is 2.53 bits per heavy atom. The maximum Gasteiger partial charge on any atom is 0.269 e. The van der Waals surface area contributed by atoms with Gasteiger partial charge >= 0.3 is 0 Å². The second-order valence-corrected chi connectivity index (χ2v) is 6.63. The Morgan fingerprint density at radius 1 is 1.20 bits per heavy atom. The van der Waals surface area contributed by atoms with E-state index in [1.165, 1.54) is 12.1 Å². The van der Waals surface area contributed by atoms with Crippen molar-refractivity contribution in [3.8, 4) is 17.1 Å². The molecule has 0 aliphatic heterocycles. The number of hydrogen-bond acceptors (Lipinski definition) is 7. The Hall–Kier alpha value is -3.73. The quantitative estimate of drug-likeness (QED) is 0.207. The molecular formula is C19H20N6O4S. The number of H-pyrrole nitrogens is 1. The van der Waals surface area contributed by atoms with Crippen LogP contribution < -0.4 is 15.4 Å². The lowest BCUT2D eigenvalue weighted by Crippen LogP contribution is -2.31. The van der Waals surface area contributed by atoms with Crippen LogP contribution in [0.1, 0.15) is 0 Å². The van der Waals surface area contributed by atoms with E-state index >= 15 is 0 Å². The van der Waals surface area contributed by atoms with Crippen LogP contribution in [-0.2, 0) is 11.3 Å². The minimum atomic E-state index is -0.453. The first-order valence-electron chi connectivity index (χ1n) is 9.02. The Bertz CT molecular complexity index is 1080. The topological polar surface area (TPSA) is 127 Å². The molecule has 0 saturated heterocycles. The number of nitro groups is 1. The van der Waals surface area contributed by atoms with Crippen molar-refractivity contribution in [3.63, 3.8) is 0 Å². The summed E-state index contributed by atoms with van der Waals surface area (Å²) in [5.41, 5.74) is 1.56. The zero-order chi connectivity index (χ0) is 21.5. The van der Waals surface area contributed by atoms with E-state index in [2.05, 4.69) is 20.8 Å². The van der Waals surface area contributed by atoms with Crippen LogP contribution in [0.25, 0.3) is 11.4 Å². The zero-order valence-corrected chi connectivity index (χ0v) is 16.9. The van der Waals surface area contributed by atoms with Gasteiger partial charge in [0.25, 0.3) is 5.69 Å². The number of nitro benzene ring substituents is 1. The van der Waals surface area contributed by atoms with Gasteiger partial charge in [-0.15, -0.1) is 0 Å².